The van der Waals surface area contributed by atoms with Crippen LogP contribution in [0.4, 0.5) is 9.59 Å². The van der Waals surface area contributed by atoms with Gasteiger partial charge >= 0.3 is 41.7 Å². The molecular weight excluding hydrogens is 616 g/mol. The van der Waals surface area contributed by atoms with Crippen molar-refractivity contribution >= 4 is 41.4 Å². The molecular formula is C32H42Cl2N3NaO6. The average Bonchev–Trinajstić information content (AvgIpc) is 2.89. The number of carbonyl (C=O) groups is 3. The molecule has 0 radical (unpaired) electrons. The predicted octanol–water partition coefficient (Wildman–Crippen LogP) is 3.64. The van der Waals surface area contributed by atoms with Crippen molar-refractivity contribution in [3.8, 4) is 6.07 Å². The zero-order valence-corrected chi connectivity index (χ0v) is 30.7. The zero-order valence-electron chi connectivity index (χ0n) is 27.1. The van der Waals surface area contributed by atoms with Gasteiger partial charge < -0.3 is 29.2 Å². The quantitative estimate of drug-likeness (QED) is 0.377. The first-order chi connectivity index (χ1) is 19.8. The molecule has 2 rings (SSSR count). The third kappa shape index (κ3) is 16.6. The number of aliphatic carboxylic acids is 1. The molecule has 9 nitrogen and oxygen atoms in total. The van der Waals surface area contributed by atoms with Crippen LogP contribution in [-0.2, 0) is 14.3 Å². The number of ether oxygens (including phenoxy) is 2. The van der Waals surface area contributed by atoms with E-state index in [1.807, 2.05) is 32.9 Å². The number of rotatable bonds is 9. The summed E-state index contributed by atoms with van der Waals surface area (Å²) in [5.41, 5.74) is 0.396. The van der Waals surface area contributed by atoms with Crippen molar-refractivity contribution in [3.05, 3.63) is 69.7 Å². The maximum Gasteiger partial charge on any atom is 1.00 e. The summed E-state index contributed by atoms with van der Waals surface area (Å²) in [5, 5.41) is 21.8. The van der Waals surface area contributed by atoms with Gasteiger partial charge in [-0.05, 0) is 89.8 Å². The molecule has 2 aromatic carbocycles. The summed E-state index contributed by atoms with van der Waals surface area (Å²) in [5.74, 6) is -2.26. The number of amides is 2. The van der Waals surface area contributed by atoms with Gasteiger partial charge in [-0.25, -0.2) is 9.59 Å². The van der Waals surface area contributed by atoms with E-state index in [0.29, 0.717) is 28.6 Å². The van der Waals surface area contributed by atoms with Crippen molar-refractivity contribution in [2.75, 3.05) is 27.2 Å². The smallest absolute Gasteiger partial charge is 0.549 e. The Labute approximate surface area is 293 Å². The van der Waals surface area contributed by atoms with Crippen molar-refractivity contribution in [2.45, 2.75) is 77.4 Å². The van der Waals surface area contributed by atoms with Crippen LogP contribution in [0, 0.1) is 11.3 Å². The first kappa shape index (κ1) is 41.5. The van der Waals surface area contributed by atoms with E-state index in [1.165, 1.54) is 9.80 Å². The summed E-state index contributed by atoms with van der Waals surface area (Å²) in [6, 6.07) is 16.0. The van der Waals surface area contributed by atoms with E-state index in [-0.39, 0.29) is 54.5 Å². The standard InChI is InChI=1S/C16H21ClN2O2.C16H22ClNO4.Na/c1-16(2,3)21-15(20)19(4)10-9-13(11-18)12-5-7-14(17)8-6-12;1-16(2,3)22-15(21)18(4)10-9-13(14(19)20)11-5-7-12(17)8-6-11;/h5-8,13H,9-10H2,1-4H3;5-8,13H,9-10H2,1-4H3,(H,19,20);/q;;+1/p-1. The van der Waals surface area contributed by atoms with E-state index in [9.17, 15) is 24.8 Å². The molecule has 0 bridgehead atoms. The topological polar surface area (TPSA) is 123 Å². The first-order valence-electron chi connectivity index (χ1n) is 13.8. The number of hydrogen-bond acceptors (Lipinski definition) is 7. The largest absolute Gasteiger partial charge is 1.00 e. The molecule has 0 spiro atoms. The van der Waals surface area contributed by atoms with Crippen LogP contribution in [0.5, 0.6) is 0 Å². The number of nitrogens with zero attached hydrogens (tertiary/aromatic N) is 3. The number of carboxylic acid groups (broad SMARTS) is 1. The van der Waals surface area contributed by atoms with Crippen LogP contribution in [0.3, 0.4) is 0 Å². The number of benzene rings is 2. The number of carbonyl (C=O) groups excluding carboxylic acids is 3. The zero-order chi connectivity index (χ0) is 33.0. The normalized spacial score (nSPS) is 12.2. The van der Waals surface area contributed by atoms with Gasteiger partial charge in [0.2, 0.25) is 0 Å². The summed E-state index contributed by atoms with van der Waals surface area (Å²) >= 11 is 11.6. The molecule has 0 saturated heterocycles. The Morgan fingerprint density at radius 2 is 1.14 bits per heavy atom. The summed E-state index contributed by atoms with van der Waals surface area (Å²) in [4.78, 5) is 37.9. The molecule has 0 heterocycles. The molecule has 0 aliphatic rings. The molecule has 236 valence electrons. The van der Waals surface area contributed by atoms with Gasteiger partial charge in [-0.1, -0.05) is 47.5 Å². The van der Waals surface area contributed by atoms with Gasteiger partial charge in [0.05, 0.1) is 12.0 Å². The minimum absolute atomic E-state index is 0. The van der Waals surface area contributed by atoms with Gasteiger partial charge in [0.25, 0.3) is 0 Å². The Morgan fingerprint density at radius 1 is 0.773 bits per heavy atom. The van der Waals surface area contributed by atoms with Gasteiger partial charge in [-0.15, -0.1) is 0 Å². The van der Waals surface area contributed by atoms with Crippen LogP contribution >= 0.6 is 23.2 Å². The van der Waals surface area contributed by atoms with Crippen molar-refractivity contribution in [1.29, 1.82) is 5.26 Å². The third-order valence-electron chi connectivity index (χ3n) is 5.90. The van der Waals surface area contributed by atoms with E-state index in [2.05, 4.69) is 6.07 Å². The predicted molar refractivity (Wildman–Crippen MR) is 166 cm³/mol. The van der Waals surface area contributed by atoms with Crippen LogP contribution in [0.15, 0.2) is 48.5 Å². The Morgan fingerprint density at radius 3 is 1.48 bits per heavy atom. The molecule has 0 N–H and O–H groups in total. The second kappa shape index (κ2) is 19.1. The molecule has 0 aliphatic heterocycles. The molecule has 2 aromatic rings. The fourth-order valence-corrected chi connectivity index (χ4v) is 3.88. The number of halogens is 2. The summed E-state index contributed by atoms with van der Waals surface area (Å²) in [6.07, 6.45) is -0.0795. The first-order valence-corrected chi connectivity index (χ1v) is 14.6. The van der Waals surface area contributed by atoms with Crippen LogP contribution < -0.4 is 34.7 Å². The average molecular weight is 659 g/mol. The van der Waals surface area contributed by atoms with E-state index in [0.717, 1.165) is 5.56 Å². The molecule has 44 heavy (non-hydrogen) atoms. The number of carboxylic acids is 1. The van der Waals surface area contributed by atoms with Crippen LogP contribution in [-0.4, -0.2) is 66.3 Å². The van der Waals surface area contributed by atoms with E-state index in [4.69, 9.17) is 32.7 Å². The van der Waals surface area contributed by atoms with Crippen LogP contribution in [0.1, 0.15) is 77.3 Å². The summed E-state index contributed by atoms with van der Waals surface area (Å²) in [6.45, 7) is 11.5. The molecule has 0 fully saturated rings. The van der Waals surface area contributed by atoms with Crippen LogP contribution in [0.25, 0.3) is 0 Å². The van der Waals surface area contributed by atoms with E-state index >= 15 is 0 Å². The molecule has 0 aliphatic carbocycles. The minimum Gasteiger partial charge on any atom is -0.549 e. The molecule has 0 aromatic heterocycles. The van der Waals surface area contributed by atoms with Crippen molar-refractivity contribution in [2.24, 2.45) is 0 Å². The van der Waals surface area contributed by atoms with E-state index in [1.54, 1.807) is 71.3 Å². The number of nitriles is 1. The Hall–Kier alpha value is -2.48. The van der Waals surface area contributed by atoms with Gasteiger partial charge in [-0.2, -0.15) is 5.26 Å². The Balaban J connectivity index is 0.000000823. The SMILES string of the molecule is CN(CCC(C#N)c1ccc(Cl)cc1)C(=O)OC(C)(C)C.CN(CCC(C(=O)[O-])c1ccc(Cl)cc1)C(=O)OC(C)(C)C.[Na+]. The summed E-state index contributed by atoms with van der Waals surface area (Å²) < 4.78 is 10.5. The Kier molecular flexibility index (Phi) is 18.0. The maximum atomic E-state index is 11.8. The van der Waals surface area contributed by atoms with Crippen molar-refractivity contribution < 1.29 is 58.5 Å². The molecule has 2 atom stereocenters. The third-order valence-corrected chi connectivity index (χ3v) is 6.41. The molecule has 0 saturated carbocycles. The van der Waals surface area contributed by atoms with E-state index < -0.39 is 29.2 Å². The molecule has 12 heteroatoms. The van der Waals surface area contributed by atoms with Crippen molar-refractivity contribution in [1.82, 2.24) is 9.80 Å². The minimum atomic E-state index is -1.18. The van der Waals surface area contributed by atoms with Crippen molar-refractivity contribution in [3.63, 3.8) is 0 Å². The molecule has 2 amide bonds. The van der Waals surface area contributed by atoms with Gasteiger partial charge in [0, 0.05) is 49.1 Å². The fourth-order valence-electron chi connectivity index (χ4n) is 3.62. The van der Waals surface area contributed by atoms with Gasteiger partial charge in [0.1, 0.15) is 11.2 Å². The van der Waals surface area contributed by atoms with Gasteiger partial charge in [0.15, 0.2) is 0 Å². The summed E-state index contributed by atoms with van der Waals surface area (Å²) in [7, 11) is 3.24. The van der Waals surface area contributed by atoms with Crippen LogP contribution in [0.2, 0.25) is 10.0 Å². The Bertz CT molecular complexity index is 1240. The fraction of sp³-hybridized carbons (Fsp3) is 0.500. The van der Waals surface area contributed by atoms with Gasteiger partial charge in [-0.3, -0.25) is 0 Å². The monoisotopic (exact) mass is 657 g/mol. The second-order valence-electron chi connectivity index (χ2n) is 12.0. The number of hydrogen-bond donors (Lipinski definition) is 0. The maximum absolute atomic E-state index is 11.8. The molecule has 2 unspecified atom stereocenters. The second-order valence-corrected chi connectivity index (χ2v) is 12.9.